The van der Waals surface area contributed by atoms with E-state index in [0.717, 1.165) is 12.3 Å². The summed E-state index contributed by atoms with van der Waals surface area (Å²) in [6.45, 7) is 0.674. The van der Waals surface area contributed by atoms with Crippen molar-refractivity contribution in [3.63, 3.8) is 0 Å². The van der Waals surface area contributed by atoms with E-state index >= 15 is 0 Å². The molecule has 0 unspecified atom stereocenters. The van der Waals surface area contributed by atoms with Crippen LogP contribution < -0.4 is 5.32 Å². The van der Waals surface area contributed by atoms with E-state index < -0.39 is 0 Å². The summed E-state index contributed by atoms with van der Waals surface area (Å²) in [7, 11) is 0. The number of rotatable bonds is 3. The van der Waals surface area contributed by atoms with E-state index in [-0.39, 0.29) is 5.91 Å². The van der Waals surface area contributed by atoms with Crippen molar-refractivity contribution in [1.29, 1.82) is 0 Å². The molecule has 90 valence electrons. The zero-order valence-electron chi connectivity index (χ0n) is 10.1. The van der Waals surface area contributed by atoms with Crippen LogP contribution in [0.25, 0.3) is 0 Å². The zero-order valence-corrected chi connectivity index (χ0v) is 10.1. The molecule has 0 heterocycles. The van der Waals surface area contributed by atoms with E-state index in [1.54, 1.807) is 0 Å². The van der Waals surface area contributed by atoms with E-state index in [9.17, 15) is 4.79 Å². The number of carbonyl (C=O) groups is 1. The van der Waals surface area contributed by atoms with Gasteiger partial charge in [-0.2, -0.15) is 0 Å². The Kier molecular flexibility index (Phi) is 2.87. The van der Waals surface area contributed by atoms with Gasteiger partial charge < -0.3 is 5.32 Å². The second-order valence-corrected chi connectivity index (χ2v) is 5.48. The van der Waals surface area contributed by atoms with E-state index in [4.69, 9.17) is 0 Å². The van der Waals surface area contributed by atoms with E-state index in [2.05, 4.69) is 17.4 Å². The lowest BCUT2D eigenvalue weighted by atomic mass is 9.88. The molecule has 0 aromatic heterocycles. The van der Waals surface area contributed by atoms with Crippen LogP contribution in [0.3, 0.4) is 0 Å². The highest BCUT2D eigenvalue weighted by Gasteiger charge is 2.42. The lowest BCUT2D eigenvalue weighted by Crippen LogP contribution is -2.33. The van der Waals surface area contributed by atoms with Gasteiger partial charge in [0.1, 0.15) is 0 Å². The van der Waals surface area contributed by atoms with E-state index in [1.807, 2.05) is 18.2 Å². The Bertz CT molecular complexity index is 401. The molecule has 1 aromatic carbocycles. The number of amides is 1. The van der Waals surface area contributed by atoms with Crippen molar-refractivity contribution in [3.05, 3.63) is 35.9 Å². The molecule has 2 heteroatoms. The molecule has 2 fully saturated rings. The Balaban J connectivity index is 1.54. The van der Waals surface area contributed by atoms with Crippen LogP contribution in [0, 0.1) is 17.8 Å². The van der Waals surface area contributed by atoms with Crippen LogP contribution >= 0.6 is 0 Å². The second kappa shape index (κ2) is 4.52. The minimum absolute atomic E-state index is 0.279. The summed E-state index contributed by atoms with van der Waals surface area (Å²) in [6, 6.07) is 10.1. The maximum atomic E-state index is 12.1. The Hall–Kier alpha value is -1.31. The fourth-order valence-electron chi connectivity index (χ4n) is 3.48. The van der Waals surface area contributed by atoms with Gasteiger partial charge in [0, 0.05) is 12.5 Å². The Morgan fingerprint density at radius 2 is 2.00 bits per heavy atom. The molecule has 2 aliphatic carbocycles. The molecule has 0 radical (unpaired) electrons. The van der Waals surface area contributed by atoms with E-state index in [1.165, 1.54) is 24.8 Å². The van der Waals surface area contributed by atoms with E-state index in [0.29, 0.717) is 18.4 Å². The fourth-order valence-corrected chi connectivity index (χ4v) is 3.48. The predicted molar refractivity (Wildman–Crippen MR) is 67.2 cm³/mol. The third kappa shape index (κ3) is 2.21. The Morgan fingerprint density at radius 3 is 2.65 bits per heavy atom. The van der Waals surface area contributed by atoms with Crippen LogP contribution in [0.4, 0.5) is 0 Å². The number of hydrogen-bond donors (Lipinski definition) is 1. The molecule has 0 spiro atoms. The maximum absolute atomic E-state index is 12.1. The molecule has 1 amide bonds. The SMILES string of the molecule is O=C(NCc1ccccc1)[C@@H]1C[C@@H]2CC[C@@H]1C2. The van der Waals surface area contributed by atoms with Crippen molar-refractivity contribution in [3.8, 4) is 0 Å². The number of benzene rings is 1. The third-order valence-electron chi connectivity index (χ3n) is 4.38. The molecule has 2 aliphatic rings. The second-order valence-electron chi connectivity index (χ2n) is 5.48. The first-order chi connectivity index (χ1) is 8.33. The molecule has 0 saturated heterocycles. The summed E-state index contributed by atoms with van der Waals surface area (Å²) >= 11 is 0. The number of hydrogen-bond acceptors (Lipinski definition) is 1. The molecule has 1 aromatic rings. The molecule has 3 atom stereocenters. The normalized spacial score (nSPS) is 30.5. The van der Waals surface area contributed by atoms with Gasteiger partial charge in [0.25, 0.3) is 0 Å². The van der Waals surface area contributed by atoms with Gasteiger partial charge in [-0.3, -0.25) is 4.79 Å². The average Bonchev–Trinajstić information content (AvgIpc) is 2.99. The summed E-state index contributed by atoms with van der Waals surface area (Å²) in [5.41, 5.74) is 1.18. The topological polar surface area (TPSA) is 29.1 Å². The smallest absolute Gasteiger partial charge is 0.223 e. The maximum Gasteiger partial charge on any atom is 0.223 e. The van der Waals surface area contributed by atoms with Crippen molar-refractivity contribution in [2.24, 2.45) is 17.8 Å². The van der Waals surface area contributed by atoms with Gasteiger partial charge >= 0.3 is 0 Å². The monoisotopic (exact) mass is 229 g/mol. The lowest BCUT2D eigenvalue weighted by molar-refractivity contribution is -0.126. The van der Waals surface area contributed by atoms with Crippen molar-refractivity contribution in [1.82, 2.24) is 5.32 Å². The molecule has 2 saturated carbocycles. The minimum Gasteiger partial charge on any atom is -0.352 e. The van der Waals surface area contributed by atoms with Gasteiger partial charge in [0.15, 0.2) is 0 Å². The van der Waals surface area contributed by atoms with Gasteiger partial charge in [0.2, 0.25) is 5.91 Å². The van der Waals surface area contributed by atoms with Crippen LogP contribution in [-0.2, 0) is 11.3 Å². The first kappa shape index (κ1) is 10.8. The summed E-state index contributed by atoms with van der Waals surface area (Å²) < 4.78 is 0. The van der Waals surface area contributed by atoms with Crippen molar-refractivity contribution in [2.75, 3.05) is 0 Å². The molecular weight excluding hydrogens is 210 g/mol. The highest BCUT2D eigenvalue weighted by atomic mass is 16.1. The first-order valence-electron chi connectivity index (χ1n) is 6.64. The summed E-state index contributed by atoms with van der Waals surface area (Å²) in [5, 5.41) is 3.09. The molecule has 1 N–H and O–H groups in total. The number of fused-ring (bicyclic) bond motifs is 2. The average molecular weight is 229 g/mol. The molecule has 2 nitrogen and oxygen atoms in total. The van der Waals surface area contributed by atoms with Crippen molar-refractivity contribution >= 4 is 5.91 Å². The van der Waals surface area contributed by atoms with Crippen LogP contribution in [0.5, 0.6) is 0 Å². The van der Waals surface area contributed by atoms with Crippen LogP contribution in [0.1, 0.15) is 31.2 Å². The predicted octanol–water partition coefficient (Wildman–Crippen LogP) is 2.74. The van der Waals surface area contributed by atoms with Crippen LogP contribution in [0.15, 0.2) is 30.3 Å². The quantitative estimate of drug-likeness (QED) is 0.848. The van der Waals surface area contributed by atoms with Gasteiger partial charge in [-0.15, -0.1) is 0 Å². The summed E-state index contributed by atoms with van der Waals surface area (Å²) in [5.74, 6) is 2.10. The van der Waals surface area contributed by atoms with Gasteiger partial charge in [-0.25, -0.2) is 0 Å². The Morgan fingerprint density at radius 1 is 1.18 bits per heavy atom. The fraction of sp³-hybridized carbons (Fsp3) is 0.533. The standard InChI is InChI=1S/C15H19NO/c17-15(14-9-12-6-7-13(14)8-12)16-10-11-4-2-1-3-5-11/h1-5,12-14H,6-10H2,(H,16,17)/t12-,13-,14-/m1/s1. The molecule has 0 aliphatic heterocycles. The van der Waals surface area contributed by atoms with Gasteiger partial charge in [0.05, 0.1) is 0 Å². The zero-order chi connectivity index (χ0) is 11.7. The Labute approximate surface area is 102 Å². The largest absolute Gasteiger partial charge is 0.352 e. The minimum atomic E-state index is 0.279. The summed E-state index contributed by atoms with van der Waals surface area (Å²) in [6.07, 6.45) is 5.05. The molecule has 17 heavy (non-hydrogen) atoms. The number of carbonyl (C=O) groups excluding carboxylic acids is 1. The third-order valence-corrected chi connectivity index (χ3v) is 4.38. The molecule has 3 rings (SSSR count). The lowest BCUT2D eigenvalue weighted by Gasteiger charge is -2.20. The molecular formula is C15H19NO. The first-order valence-corrected chi connectivity index (χ1v) is 6.64. The van der Waals surface area contributed by atoms with Crippen LogP contribution in [-0.4, -0.2) is 5.91 Å². The van der Waals surface area contributed by atoms with Crippen LogP contribution in [0.2, 0.25) is 0 Å². The molecule has 2 bridgehead atoms. The van der Waals surface area contributed by atoms with Crippen molar-refractivity contribution in [2.45, 2.75) is 32.2 Å². The van der Waals surface area contributed by atoms with Gasteiger partial charge in [-0.05, 0) is 36.7 Å². The summed E-state index contributed by atoms with van der Waals surface area (Å²) in [4.78, 5) is 12.1. The highest BCUT2D eigenvalue weighted by Crippen LogP contribution is 2.48. The highest BCUT2D eigenvalue weighted by molar-refractivity contribution is 5.79. The van der Waals surface area contributed by atoms with Gasteiger partial charge in [-0.1, -0.05) is 36.8 Å². The number of nitrogens with one attached hydrogen (secondary N) is 1. The van der Waals surface area contributed by atoms with Crippen molar-refractivity contribution < 1.29 is 4.79 Å².